The Balaban J connectivity index is 1.84. The number of ether oxygens (including phenoxy) is 1. The van der Waals surface area contributed by atoms with Gasteiger partial charge in [-0.05, 0) is 51.8 Å². The molecule has 1 aliphatic rings. The number of anilines is 3. The second-order valence-electron chi connectivity index (χ2n) is 8.44. The molecule has 1 aliphatic heterocycles. The molecule has 3 aromatic heterocycles. The van der Waals surface area contributed by atoms with Gasteiger partial charge in [0, 0.05) is 38.0 Å². The van der Waals surface area contributed by atoms with Crippen LogP contribution in [-0.2, 0) is 17.7 Å². The number of fused-ring (bicyclic) bond motifs is 1. The predicted octanol–water partition coefficient (Wildman–Crippen LogP) is 3.06. The molecule has 2 atom stereocenters. The van der Waals surface area contributed by atoms with Gasteiger partial charge in [0.15, 0.2) is 5.82 Å². The Hall–Kier alpha value is -2.78. The van der Waals surface area contributed by atoms with E-state index in [1.54, 1.807) is 6.20 Å². The Bertz CT molecular complexity index is 1070. The summed E-state index contributed by atoms with van der Waals surface area (Å²) >= 11 is 0. The zero-order chi connectivity index (χ0) is 22.7. The van der Waals surface area contributed by atoms with E-state index in [1.165, 1.54) is 0 Å². The monoisotopic (exact) mass is 438 g/mol. The number of piperazine rings is 1. The molecule has 4 heterocycles. The van der Waals surface area contributed by atoms with E-state index in [9.17, 15) is 0 Å². The molecule has 9 nitrogen and oxygen atoms in total. The third-order valence-electron chi connectivity index (χ3n) is 5.81. The van der Waals surface area contributed by atoms with Crippen molar-refractivity contribution >= 4 is 28.6 Å². The van der Waals surface area contributed by atoms with Crippen LogP contribution < -0.4 is 15.5 Å². The molecule has 0 unspecified atom stereocenters. The van der Waals surface area contributed by atoms with E-state index in [0.29, 0.717) is 31.8 Å². The Kier molecular flexibility index (Phi) is 6.86. The minimum atomic E-state index is 0.298. The number of aryl methyl sites for hydroxylation is 2. The second-order valence-corrected chi connectivity index (χ2v) is 8.44. The zero-order valence-corrected chi connectivity index (χ0v) is 19.7. The summed E-state index contributed by atoms with van der Waals surface area (Å²) in [6.45, 7) is 14.2. The molecule has 2 N–H and O–H groups in total. The number of hydrogen-bond donors (Lipinski definition) is 2. The first kappa shape index (κ1) is 22.4. The molecular formula is C23H34N8O. The van der Waals surface area contributed by atoms with Crippen LogP contribution in [0.3, 0.4) is 0 Å². The van der Waals surface area contributed by atoms with Gasteiger partial charge in [0.25, 0.3) is 0 Å². The number of rotatable bonds is 8. The third-order valence-corrected chi connectivity index (χ3v) is 5.81. The minimum Gasteiger partial charge on any atom is -0.380 e. The molecule has 0 aliphatic carbocycles. The van der Waals surface area contributed by atoms with Gasteiger partial charge in [-0.25, -0.2) is 9.97 Å². The fraction of sp³-hybridized carbons (Fsp3) is 0.565. The quantitative estimate of drug-likeness (QED) is 0.519. The fourth-order valence-corrected chi connectivity index (χ4v) is 4.07. The van der Waals surface area contributed by atoms with E-state index in [0.717, 1.165) is 59.4 Å². The number of pyridine rings is 1. The largest absolute Gasteiger partial charge is 0.380 e. The summed E-state index contributed by atoms with van der Waals surface area (Å²) in [5.74, 6) is 2.21. The van der Waals surface area contributed by atoms with E-state index >= 15 is 0 Å². The van der Waals surface area contributed by atoms with Crippen molar-refractivity contribution in [1.29, 1.82) is 0 Å². The summed E-state index contributed by atoms with van der Waals surface area (Å²) in [7, 11) is 0. The Morgan fingerprint density at radius 1 is 1.25 bits per heavy atom. The maximum atomic E-state index is 5.60. The highest BCUT2D eigenvalue weighted by molar-refractivity contribution is 5.90. The van der Waals surface area contributed by atoms with Crippen molar-refractivity contribution in [2.24, 2.45) is 0 Å². The first-order valence-corrected chi connectivity index (χ1v) is 11.5. The Morgan fingerprint density at radius 3 is 2.84 bits per heavy atom. The van der Waals surface area contributed by atoms with Gasteiger partial charge in [0.1, 0.15) is 16.9 Å². The van der Waals surface area contributed by atoms with Crippen molar-refractivity contribution in [2.45, 2.75) is 59.7 Å². The maximum Gasteiger partial charge on any atom is 0.228 e. The zero-order valence-electron chi connectivity index (χ0n) is 19.7. The number of aromatic nitrogens is 5. The summed E-state index contributed by atoms with van der Waals surface area (Å²) in [6.07, 6.45) is 2.60. The molecule has 0 saturated carbocycles. The van der Waals surface area contributed by atoms with Crippen molar-refractivity contribution in [3.05, 3.63) is 29.6 Å². The van der Waals surface area contributed by atoms with Crippen LogP contribution in [0.25, 0.3) is 11.0 Å². The van der Waals surface area contributed by atoms with E-state index in [-0.39, 0.29) is 0 Å². The van der Waals surface area contributed by atoms with Crippen LogP contribution in [0.2, 0.25) is 0 Å². The van der Waals surface area contributed by atoms with E-state index < -0.39 is 0 Å². The van der Waals surface area contributed by atoms with Gasteiger partial charge in [0.2, 0.25) is 5.95 Å². The van der Waals surface area contributed by atoms with Crippen LogP contribution in [0.15, 0.2) is 18.3 Å². The first-order valence-electron chi connectivity index (χ1n) is 11.5. The summed E-state index contributed by atoms with van der Waals surface area (Å²) in [4.78, 5) is 16.8. The van der Waals surface area contributed by atoms with Crippen LogP contribution in [0.4, 0.5) is 17.6 Å². The van der Waals surface area contributed by atoms with Crippen LogP contribution in [0.5, 0.6) is 0 Å². The molecule has 1 saturated heterocycles. The van der Waals surface area contributed by atoms with Gasteiger partial charge >= 0.3 is 0 Å². The van der Waals surface area contributed by atoms with E-state index in [4.69, 9.17) is 19.8 Å². The molecule has 172 valence electrons. The van der Waals surface area contributed by atoms with Crippen LogP contribution >= 0.6 is 0 Å². The lowest BCUT2D eigenvalue weighted by Gasteiger charge is -2.37. The smallest absolute Gasteiger partial charge is 0.228 e. The third kappa shape index (κ3) is 4.68. The number of nitrogens with zero attached hydrogens (tertiary/aromatic N) is 6. The molecule has 4 rings (SSSR count). The molecule has 0 aromatic carbocycles. The summed E-state index contributed by atoms with van der Waals surface area (Å²) in [5, 5.41) is 11.8. The van der Waals surface area contributed by atoms with Crippen molar-refractivity contribution in [3.63, 3.8) is 0 Å². The van der Waals surface area contributed by atoms with Gasteiger partial charge < -0.3 is 20.3 Å². The SMILES string of the molecule is CCOCCn1nc(CC)c2nc(N3C[C@H](C)NC[C@H]3C)nc(Nc3cc(C)ccn3)c21. The molecule has 3 aromatic rings. The summed E-state index contributed by atoms with van der Waals surface area (Å²) in [6, 6.07) is 4.68. The summed E-state index contributed by atoms with van der Waals surface area (Å²) in [5.41, 5.74) is 3.89. The van der Waals surface area contributed by atoms with Gasteiger partial charge in [-0.3, -0.25) is 4.68 Å². The topological polar surface area (TPSA) is 93.0 Å². The predicted molar refractivity (Wildman–Crippen MR) is 128 cm³/mol. The molecule has 1 fully saturated rings. The molecular weight excluding hydrogens is 404 g/mol. The fourth-order valence-electron chi connectivity index (χ4n) is 4.07. The van der Waals surface area contributed by atoms with Crippen molar-refractivity contribution in [3.8, 4) is 0 Å². The lowest BCUT2D eigenvalue weighted by atomic mass is 10.1. The van der Waals surface area contributed by atoms with Gasteiger partial charge in [0.05, 0.1) is 18.8 Å². The Morgan fingerprint density at radius 2 is 2.09 bits per heavy atom. The van der Waals surface area contributed by atoms with Crippen LogP contribution in [-0.4, -0.2) is 63.1 Å². The molecule has 9 heteroatoms. The number of nitrogens with one attached hydrogen (secondary N) is 2. The second kappa shape index (κ2) is 9.79. The van der Waals surface area contributed by atoms with Gasteiger partial charge in [-0.1, -0.05) is 6.92 Å². The highest BCUT2D eigenvalue weighted by atomic mass is 16.5. The average molecular weight is 439 g/mol. The van der Waals surface area contributed by atoms with Crippen molar-refractivity contribution < 1.29 is 4.74 Å². The average Bonchev–Trinajstić information content (AvgIpc) is 3.13. The van der Waals surface area contributed by atoms with Gasteiger partial charge in [-0.15, -0.1) is 0 Å². The standard InChI is InChI=1S/C23H34N8O/c1-6-18-20-21(31(29-18)10-11-32-7-2)22(26-19-12-15(3)8-9-24-19)28-23(27-20)30-14-16(4)25-13-17(30)5/h8-9,12,16-17,25H,6-7,10-11,13-14H2,1-5H3,(H,24,26,27,28)/t16-,17+/m0/s1. The molecule has 0 bridgehead atoms. The van der Waals surface area contributed by atoms with Crippen LogP contribution in [0, 0.1) is 6.92 Å². The van der Waals surface area contributed by atoms with Crippen LogP contribution in [0.1, 0.15) is 39.0 Å². The van der Waals surface area contributed by atoms with Crippen molar-refractivity contribution in [2.75, 3.05) is 36.5 Å². The van der Waals surface area contributed by atoms with Gasteiger partial charge in [-0.2, -0.15) is 10.1 Å². The highest BCUT2D eigenvalue weighted by Gasteiger charge is 2.27. The Labute approximate surface area is 189 Å². The lowest BCUT2D eigenvalue weighted by Crippen LogP contribution is -2.55. The summed E-state index contributed by atoms with van der Waals surface area (Å²) < 4.78 is 7.57. The van der Waals surface area contributed by atoms with E-state index in [1.807, 2.05) is 23.7 Å². The molecule has 32 heavy (non-hydrogen) atoms. The normalized spacial score (nSPS) is 19.0. The molecule has 0 radical (unpaired) electrons. The van der Waals surface area contributed by atoms with Crippen molar-refractivity contribution in [1.82, 2.24) is 30.0 Å². The highest BCUT2D eigenvalue weighted by Crippen LogP contribution is 2.30. The van der Waals surface area contributed by atoms with E-state index in [2.05, 4.69) is 48.2 Å². The minimum absolute atomic E-state index is 0.298. The number of hydrogen-bond acceptors (Lipinski definition) is 8. The lowest BCUT2D eigenvalue weighted by molar-refractivity contribution is 0.137. The first-order chi connectivity index (χ1) is 15.5. The molecule has 0 spiro atoms. The molecule has 0 amide bonds. The maximum absolute atomic E-state index is 5.60.